The van der Waals surface area contributed by atoms with Gasteiger partial charge in [-0.2, -0.15) is 11.8 Å². The predicted octanol–water partition coefficient (Wildman–Crippen LogP) is 4.90. The molecule has 164 valence electrons. The summed E-state index contributed by atoms with van der Waals surface area (Å²) in [6.45, 7) is 2.68. The van der Waals surface area contributed by atoms with Crippen molar-refractivity contribution in [1.82, 2.24) is 5.32 Å². The summed E-state index contributed by atoms with van der Waals surface area (Å²) in [4.78, 5) is 12.1. The summed E-state index contributed by atoms with van der Waals surface area (Å²) >= 11 is 13.7. The smallest absolute Gasteiger partial charge is 0.232 e. The van der Waals surface area contributed by atoms with Gasteiger partial charge in [-0.05, 0) is 42.7 Å². The molecule has 0 spiro atoms. The number of carbonyl (C=O) groups is 1. The van der Waals surface area contributed by atoms with Crippen molar-refractivity contribution in [3.8, 4) is 0 Å². The number of benzene rings is 2. The fourth-order valence-electron chi connectivity index (χ4n) is 2.86. The summed E-state index contributed by atoms with van der Waals surface area (Å²) in [5.41, 5.74) is 2.54. The largest absolute Gasteiger partial charge is 0.355 e. The fourth-order valence-corrected chi connectivity index (χ4v) is 5.30. The summed E-state index contributed by atoms with van der Waals surface area (Å²) in [5, 5.41) is 4.13. The van der Waals surface area contributed by atoms with Crippen molar-refractivity contribution in [3.63, 3.8) is 0 Å². The molecule has 0 heterocycles. The molecular weight excluding hydrogens is 463 g/mol. The number of para-hydroxylation sites is 1. The van der Waals surface area contributed by atoms with Crippen molar-refractivity contribution in [2.45, 2.75) is 25.5 Å². The zero-order valence-electron chi connectivity index (χ0n) is 17.0. The fraction of sp³-hybridized carbons (Fsp3) is 0.381. The van der Waals surface area contributed by atoms with E-state index in [4.69, 9.17) is 23.2 Å². The molecule has 0 saturated carbocycles. The van der Waals surface area contributed by atoms with E-state index in [1.807, 2.05) is 37.3 Å². The average Bonchev–Trinajstić information content (AvgIpc) is 2.66. The van der Waals surface area contributed by atoms with E-state index < -0.39 is 10.0 Å². The Bertz CT molecular complexity index is 968. The molecule has 0 aliphatic heterocycles. The third kappa shape index (κ3) is 8.02. The molecular formula is C21H26Cl2N2O3S2. The van der Waals surface area contributed by atoms with Gasteiger partial charge in [0.05, 0.1) is 11.9 Å². The van der Waals surface area contributed by atoms with Crippen molar-refractivity contribution < 1.29 is 13.2 Å². The van der Waals surface area contributed by atoms with Crippen molar-refractivity contribution in [1.29, 1.82) is 0 Å². The Hall–Kier alpha value is -1.41. The van der Waals surface area contributed by atoms with Gasteiger partial charge in [-0.3, -0.25) is 9.10 Å². The summed E-state index contributed by atoms with van der Waals surface area (Å²) in [7, 11) is -3.42. The number of amides is 1. The van der Waals surface area contributed by atoms with Crippen LogP contribution in [0.5, 0.6) is 0 Å². The number of carbonyl (C=O) groups excluding carboxylic acids is 1. The molecule has 2 aromatic rings. The van der Waals surface area contributed by atoms with Gasteiger partial charge >= 0.3 is 0 Å². The lowest BCUT2D eigenvalue weighted by Crippen LogP contribution is -2.33. The highest BCUT2D eigenvalue weighted by Crippen LogP contribution is 2.25. The second-order valence-electron chi connectivity index (χ2n) is 6.86. The topological polar surface area (TPSA) is 66.5 Å². The highest BCUT2D eigenvalue weighted by Gasteiger charge is 2.18. The van der Waals surface area contributed by atoms with Crippen LogP contribution in [-0.2, 0) is 20.6 Å². The van der Waals surface area contributed by atoms with E-state index in [-0.39, 0.29) is 18.9 Å². The van der Waals surface area contributed by atoms with Gasteiger partial charge in [0.2, 0.25) is 15.9 Å². The number of aryl methyl sites for hydroxylation is 1. The molecule has 0 aromatic heterocycles. The van der Waals surface area contributed by atoms with Crippen LogP contribution in [0.3, 0.4) is 0 Å². The van der Waals surface area contributed by atoms with Gasteiger partial charge in [-0.15, -0.1) is 0 Å². The van der Waals surface area contributed by atoms with Gasteiger partial charge in [0, 0.05) is 41.1 Å². The van der Waals surface area contributed by atoms with Crippen LogP contribution < -0.4 is 9.62 Å². The Morgan fingerprint density at radius 3 is 2.57 bits per heavy atom. The van der Waals surface area contributed by atoms with E-state index in [1.165, 1.54) is 10.6 Å². The first-order valence-electron chi connectivity index (χ1n) is 9.50. The Balaban J connectivity index is 1.71. The summed E-state index contributed by atoms with van der Waals surface area (Å²) < 4.78 is 25.7. The Labute approximate surface area is 193 Å². The first-order valence-corrected chi connectivity index (χ1v) is 13.3. The summed E-state index contributed by atoms with van der Waals surface area (Å²) in [6, 6.07) is 12.8. The molecule has 0 aliphatic carbocycles. The van der Waals surface area contributed by atoms with E-state index in [2.05, 4.69) is 5.32 Å². The maximum atomic E-state index is 12.2. The summed E-state index contributed by atoms with van der Waals surface area (Å²) in [5.74, 6) is 1.41. The van der Waals surface area contributed by atoms with Crippen LogP contribution in [0.2, 0.25) is 10.0 Å². The minimum atomic E-state index is -3.42. The van der Waals surface area contributed by atoms with E-state index in [1.54, 1.807) is 23.9 Å². The zero-order valence-corrected chi connectivity index (χ0v) is 20.2. The Kier molecular flexibility index (Phi) is 9.81. The van der Waals surface area contributed by atoms with Crippen LogP contribution in [0, 0.1) is 6.92 Å². The standard InChI is InChI=1S/C21H26Cl2N2O3S2/c1-16-6-3-4-7-20(16)25(30(2,27)28)12-5-8-21(26)24-11-13-29-15-17-9-10-18(22)14-19(17)23/h3-4,6-7,9-10,14H,5,8,11-13,15H2,1-2H3,(H,24,26). The molecule has 0 bridgehead atoms. The quantitative estimate of drug-likeness (QED) is 0.456. The molecule has 0 saturated heterocycles. The third-order valence-electron chi connectivity index (χ3n) is 4.39. The molecule has 1 amide bonds. The van der Waals surface area contributed by atoms with Gasteiger partial charge < -0.3 is 5.32 Å². The monoisotopic (exact) mass is 488 g/mol. The number of nitrogens with one attached hydrogen (secondary N) is 1. The van der Waals surface area contributed by atoms with E-state index in [0.29, 0.717) is 28.7 Å². The molecule has 2 aromatic carbocycles. The van der Waals surface area contributed by atoms with Crippen molar-refractivity contribution in [3.05, 3.63) is 63.6 Å². The number of hydrogen-bond acceptors (Lipinski definition) is 4. The molecule has 0 atom stereocenters. The predicted molar refractivity (Wildman–Crippen MR) is 128 cm³/mol. The third-order valence-corrected chi connectivity index (χ3v) is 7.17. The number of halogens is 2. The number of hydrogen-bond donors (Lipinski definition) is 1. The number of rotatable bonds is 11. The Morgan fingerprint density at radius 2 is 1.90 bits per heavy atom. The number of nitrogens with zero attached hydrogens (tertiary/aromatic N) is 1. The van der Waals surface area contributed by atoms with Gasteiger partial charge in [-0.1, -0.05) is 47.5 Å². The van der Waals surface area contributed by atoms with E-state index >= 15 is 0 Å². The summed E-state index contributed by atoms with van der Waals surface area (Å²) in [6.07, 6.45) is 1.90. The van der Waals surface area contributed by atoms with E-state index in [9.17, 15) is 13.2 Å². The van der Waals surface area contributed by atoms with Crippen LogP contribution in [0.1, 0.15) is 24.0 Å². The molecule has 30 heavy (non-hydrogen) atoms. The molecule has 1 N–H and O–H groups in total. The molecule has 9 heteroatoms. The van der Waals surface area contributed by atoms with Crippen LogP contribution in [-0.4, -0.2) is 39.4 Å². The zero-order chi connectivity index (χ0) is 22.1. The first-order chi connectivity index (χ1) is 14.2. The van der Waals surface area contributed by atoms with Crippen molar-refractivity contribution >= 4 is 56.6 Å². The van der Waals surface area contributed by atoms with Gasteiger partial charge in [0.25, 0.3) is 0 Å². The van der Waals surface area contributed by atoms with Crippen molar-refractivity contribution in [2.24, 2.45) is 0 Å². The number of anilines is 1. The lowest BCUT2D eigenvalue weighted by Gasteiger charge is -2.24. The maximum Gasteiger partial charge on any atom is 0.232 e. The van der Waals surface area contributed by atoms with Crippen LogP contribution in [0.15, 0.2) is 42.5 Å². The minimum Gasteiger partial charge on any atom is -0.355 e. The molecule has 5 nitrogen and oxygen atoms in total. The highest BCUT2D eigenvalue weighted by atomic mass is 35.5. The minimum absolute atomic E-state index is 0.0849. The van der Waals surface area contributed by atoms with Crippen LogP contribution >= 0.6 is 35.0 Å². The number of thioether (sulfide) groups is 1. The molecule has 0 radical (unpaired) electrons. The average molecular weight is 489 g/mol. The Morgan fingerprint density at radius 1 is 1.17 bits per heavy atom. The number of sulfonamides is 1. The lowest BCUT2D eigenvalue weighted by atomic mass is 10.2. The highest BCUT2D eigenvalue weighted by molar-refractivity contribution is 7.98. The van der Waals surface area contributed by atoms with Gasteiger partial charge in [0.1, 0.15) is 0 Å². The molecule has 0 unspecified atom stereocenters. The van der Waals surface area contributed by atoms with E-state index in [0.717, 1.165) is 22.6 Å². The maximum absolute atomic E-state index is 12.2. The molecule has 2 rings (SSSR count). The normalized spacial score (nSPS) is 11.3. The molecule has 0 fully saturated rings. The van der Waals surface area contributed by atoms with Crippen molar-refractivity contribution in [2.75, 3.05) is 29.4 Å². The lowest BCUT2D eigenvalue weighted by molar-refractivity contribution is -0.121. The first kappa shape index (κ1) is 24.9. The van der Waals surface area contributed by atoms with Gasteiger partial charge in [-0.25, -0.2) is 8.42 Å². The SMILES string of the molecule is Cc1ccccc1N(CCCC(=O)NCCSCc1ccc(Cl)cc1Cl)S(C)(=O)=O. The van der Waals surface area contributed by atoms with Gasteiger partial charge in [0.15, 0.2) is 0 Å². The van der Waals surface area contributed by atoms with Crippen LogP contribution in [0.25, 0.3) is 0 Å². The van der Waals surface area contributed by atoms with Crippen LogP contribution in [0.4, 0.5) is 5.69 Å². The molecule has 0 aliphatic rings. The second-order valence-corrected chi connectivity index (χ2v) is 10.7. The second kappa shape index (κ2) is 11.8.